The fourth-order valence-electron chi connectivity index (χ4n) is 1.49. The highest BCUT2D eigenvalue weighted by Gasteiger charge is 2.10. The first-order chi connectivity index (χ1) is 8.24. The van der Waals surface area contributed by atoms with E-state index in [1.165, 1.54) is 11.3 Å². The average molecular weight is 282 g/mol. The first-order valence-electron chi connectivity index (χ1n) is 4.77. The van der Waals surface area contributed by atoms with Gasteiger partial charge in [0.25, 0.3) is 0 Å². The van der Waals surface area contributed by atoms with Gasteiger partial charge in [-0.1, -0.05) is 23.2 Å². The zero-order chi connectivity index (χ0) is 11.8. The van der Waals surface area contributed by atoms with Gasteiger partial charge in [0.05, 0.1) is 9.72 Å². The van der Waals surface area contributed by atoms with Gasteiger partial charge in [0, 0.05) is 18.0 Å². The number of halogens is 2. The third-order valence-corrected chi connectivity index (χ3v) is 3.70. The first kappa shape index (κ1) is 10.9. The van der Waals surface area contributed by atoms with E-state index < -0.39 is 0 Å². The molecule has 3 aromatic rings. The van der Waals surface area contributed by atoms with E-state index >= 15 is 0 Å². The lowest BCUT2D eigenvalue weighted by molar-refractivity contribution is 1.22. The van der Waals surface area contributed by atoms with Gasteiger partial charge >= 0.3 is 0 Å². The summed E-state index contributed by atoms with van der Waals surface area (Å²) >= 11 is 13.4. The van der Waals surface area contributed by atoms with Gasteiger partial charge in [-0.25, -0.2) is 9.97 Å². The molecule has 0 aliphatic rings. The van der Waals surface area contributed by atoms with E-state index in [0.29, 0.717) is 15.3 Å². The molecule has 0 fully saturated rings. The van der Waals surface area contributed by atoms with E-state index in [2.05, 4.69) is 15.0 Å². The zero-order valence-corrected chi connectivity index (χ0v) is 10.7. The molecule has 84 valence electrons. The van der Waals surface area contributed by atoms with Gasteiger partial charge in [-0.15, -0.1) is 11.3 Å². The van der Waals surface area contributed by atoms with Crippen LogP contribution in [0.5, 0.6) is 0 Å². The molecule has 0 aromatic carbocycles. The fraction of sp³-hybridized carbons (Fsp3) is 0. The molecule has 0 saturated carbocycles. The second-order valence-electron chi connectivity index (χ2n) is 3.34. The molecule has 0 aliphatic carbocycles. The molecule has 3 heterocycles. The third-order valence-electron chi connectivity index (χ3n) is 2.25. The highest BCUT2D eigenvalue weighted by molar-refractivity contribution is 7.22. The highest BCUT2D eigenvalue weighted by Crippen LogP contribution is 2.33. The summed E-state index contributed by atoms with van der Waals surface area (Å²) in [5, 5.41) is 1.21. The van der Waals surface area contributed by atoms with Gasteiger partial charge in [-0.2, -0.15) is 0 Å². The van der Waals surface area contributed by atoms with E-state index in [9.17, 15) is 0 Å². The van der Waals surface area contributed by atoms with E-state index in [1.807, 2.05) is 12.1 Å². The van der Waals surface area contributed by atoms with Gasteiger partial charge in [-0.05, 0) is 18.2 Å². The Morgan fingerprint density at radius 3 is 2.59 bits per heavy atom. The number of aromatic nitrogens is 3. The minimum atomic E-state index is 0.421. The summed E-state index contributed by atoms with van der Waals surface area (Å²) in [5.41, 5.74) is 0.883. The standard InChI is InChI=1S/C11H5Cl2N3S/c12-8-5-7-9(13)15-10(16-11(7)17-8)6-1-3-14-4-2-6/h1-5H. The lowest BCUT2D eigenvalue weighted by Gasteiger charge is -2.00. The number of hydrogen-bond donors (Lipinski definition) is 0. The van der Waals surface area contributed by atoms with Crippen LogP contribution >= 0.6 is 34.5 Å². The Hall–Kier alpha value is -1.23. The molecule has 0 atom stereocenters. The minimum absolute atomic E-state index is 0.421. The Kier molecular flexibility index (Phi) is 2.70. The van der Waals surface area contributed by atoms with Crippen molar-refractivity contribution >= 4 is 44.8 Å². The lowest BCUT2D eigenvalue weighted by atomic mass is 10.2. The maximum atomic E-state index is 6.11. The minimum Gasteiger partial charge on any atom is -0.265 e. The number of thiophene rings is 1. The summed E-state index contributed by atoms with van der Waals surface area (Å²) in [5.74, 6) is 0.586. The van der Waals surface area contributed by atoms with E-state index in [1.54, 1.807) is 18.5 Å². The van der Waals surface area contributed by atoms with Crippen molar-refractivity contribution in [3.63, 3.8) is 0 Å². The van der Waals surface area contributed by atoms with Gasteiger partial charge in [-0.3, -0.25) is 4.98 Å². The van der Waals surface area contributed by atoms with Crippen LogP contribution < -0.4 is 0 Å². The summed E-state index contributed by atoms with van der Waals surface area (Å²) < 4.78 is 0.656. The SMILES string of the molecule is Clc1cc2c(Cl)nc(-c3ccncc3)nc2s1. The summed E-state index contributed by atoms with van der Waals surface area (Å²) in [6.07, 6.45) is 3.39. The maximum Gasteiger partial charge on any atom is 0.162 e. The van der Waals surface area contributed by atoms with Crippen LogP contribution in [0.15, 0.2) is 30.6 Å². The number of pyridine rings is 1. The van der Waals surface area contributed by atoms with Crippen molar-refractivity contribution in [1.29, 1.82) is 0 Å². The third kappa shape index (κ3) is 1.99. The molecular formula is C11H5Cl2N3S. The summed E-state index contributed by atoms with van der Waals surface area (Å²) in [6, 6.07) is 5.46. The summed E-state index contributed by atoms with van der Waals surface area (Å²) in [7, 11) is 0. The quantitative estimate of drug-likeness (QED) is 0.632. The van der Waals surface area contributed by atoms with Crippen LogP contribution in [0, 0.1) is 0 Å². The Balaban J connectivity index is 2.25. The summed E-state index contributed by atoms with van der Waals surface area (Å²) in [6.45, 7) is 0. The molecule has 0 spiro atoms. The van der Waals surface area contributed by atoms with E-state index in [0.717, 1.165) is 15.8 Å². The van der Waals surface area contributed by atoms with Crippen LogP contribution in [0.1, 0.15) is 0 Å². The molecule has 0 N–H and O–H groups in total. The van der Waals surface area contributed by atoms with Crippen molar-refractivity contribution in [2.75, 3.05) is 0 Å². The molecule has 3 rings (SSSR count). The zero-order valence-electron chi connectivity index (χ0n) is 8.39. The van der Waals surface area contributed by atoms with Crippen LogP contribution in [-0.4, -0.2) is 15.0 Å². The van der Waals surface area contributed by atoms with Crippen LogP contribution in [0.2, 0.25) is 9.49 Å². The van der Waals surface area contributed by atoms with Crippen LogP contribution in [0.25, 0.3) is 21.6 Å². The Morgan fingerprint density at radius 2 is 1.82 bits per heavy atom. The lowest BCUT2D eigenvalue weighted by Crippen LogP contribution is -1.89. The van der Waals surface area contributed by atoms with Crippen LogP contribution in [0.4, 0.5) is 0 Å². The van der Waals surface area contributed by atoms with Gasteiger partial charge in [0.15, 0.2) is 5.82 Å². The first-order valence-corrected chi connectivity index (χ1v) is 6.34. The monoisotopic (exact) mass is 281 g/mol. The van der Waals surface area contributed by atoms with Crippen LogP contribution in [-0.2, 0) is 0 Å². The molecular weight excluding hydrogens is 277 g/mol. The maximum absolute atomic E-state index is 6.11. The Bertz CT molecular complexity index is 682. The van der Waals surface area contributed by atoms with Crippen molar-refractivity contribution in [2.24, 2.45) is 0 Å². The largest absolute Gasteiger partial charge is 0.265 e. The number of fused-ring (bicyclic) bond motifs is 1. The number of rotatable bonds is 1. The Morgan fingerprint density at radius 1 is 1.06 bits per heavy atom. The predicted molar refractivity (Wildman–Crippen MR) is 70.7 cm³/mol. The average Bonchev–Trinajstić information content (AvgIpc) is 2.71. The van der Waals surface area contributed by atoms with Gasteiger partial charge in [0.2, 0.25) is 0 Å². The molecule has 0 aliphatic heterocycles. The molecule has 0 unspecified atom stereocenters. The van der Waals surface area contributed by atoms with E-state index in [4.69, 9.17) is 23.2 Å². The fourth-order valence-corrected chi connectivity index (χ4v) is 2.85. The number of nitrogens with zero attached hydrogens (tertiary/aromatic N) is 3. The van der Waals surface area contributed by atoms with Crippen molar-refractivity contribution in [2.45, 2.75) is 0 Å². The normalized spacial score (nSPS) is 10.9. The Labute approximate surface area is 111 Å². The molecule has 17 heavy (non-hydrogen) atoms. The van der Waals surface area contributed by atoms with Gasteiger partial charge < -0.3 is 0 Å². The second-order valence-corrected chi connectivity index (χ2v) is 5.36. The molecule has 0 radical (unpaired) electrons. The molecule has 3 aromatic heterocycles. The molecule has 6 heteroatoms. The van der Waals surface area contributed by atoms with E-state index in [-0.39, 0.29) is 0 Å². The topological polar surface area (TPSA) is 38.7 Å². The highest BCUT2D eigenvalue weighted by atomic mass is 35.5. The van der Waals surface area contributed by atoms with Crippen molar-refractivity contribution in [3.8, 4) is 11.4 Å². The van der Waals surface area contributed by atoms with Crippen molar-refractivity contribution in [3.05, 3.63) is 40.1 Å². The van der Waals surface area contributed by atoms with Crippen molar-refractivity contribution < 1.29 is 0 Å². The second kappa shape index (κ2) is 4.22. The van der Waals surface area contributed by atoms with Gasteiger partial charge in [0.1, 0.15) is 9.98 Å². The van der Waals surface area contributed by atoms with Crippen LogP contribution in [0.3, 0.4) is 0 Å². The molecule has 0 saturated heterocycles. The molecule has 3 nitrogen and oxygen atoms in total. The molecule has 0 amide bonds. The predicted octanol–water partition coefficient (Wildman–Crippen LogP) is 4.06. The smallest absolute Gasteiger partial charge is 0.162 e. The summed E-state index contributed by atoms with van der Waals surface area (Å²) in [4.78, 5) is 13.4. The van der Waals surface area contributed by atoms with Crippen molar-refractivity contribution in [1.82, 2.24) is 15.0 Å². The number of hydrogen-bond acceptors (Lipinski definition) is 4. The molecule has 0 bridgehead atoms.